The molecular weight excluding hydrogens is 544 g/mol. The van der Waals surface area contributed by atoms with Crippen LogP contribution in [-0.4, -0.2) is 63.4 Å². The predicted molar refractivity (Wildman–Crippen MR) is 153 cm³/mol. The molecule has 41 heavy (non-hydrogen) atoms. The summed E-state index contributed by atoms with van der Waals surface area (Å²) in [4.78, 5) is 38.6. The number of esters is 3. The van der Waals surface area contributed by atoms with Gasteiger partial charge in [0.05, 0.1) is 7.11 Å². The summed E-state index contributed by atoms with van der Waals surface area (Å²) < 4.78 is 36.5. The fourth-order valence-corrected chi connectivity index (χ4v) is 13.6. The molecule has 1 aromatic rings. The first kappa shape index (κ1) is 30.0. The number of hydrogen-bond acceptors (Lipinski definition) is 9. The van der Waals surface area contributed by atoms with E-state index in [2.05, 4.69) is 41.5 Å². The van der Waals surface area contributed by atoms with Crippen molar-refractivity contribution in [1.29, 1.82) is 0 Å². The summed E-state index contributed by atoms with van der Waals surface area (Å²) in [5, 5.41) is 0. The molecule has 0 amide bonds. The van der Waals surface area contributed by atoms with Gasteiger partial charge < -0.3 is 27.8 Å². The third-order valence-corrected chi connectivity index (χ3v) is 16.0. The molecular formula is C31H44O9Si. The summed E-state index contributed by atoms with van der Waals surface area (Å²) in [6.07, 6.45) is 1.24. The second-order valence-electron chi connectivity index (χ2n) is 13.2. The summed E-state index contributed by atoms with van der Waals surface area (Å²) in [5.41, 5.74) is 1.08. The lowest BCUT2D eigenvalue weighted by Gasteiger charge is -2.52. The van der Waals surface area contributed by atoms with Crippen LogP contribution < -0.4 is 0 Å². The number of furan rings is 1. The van der Waals surface area contributed by atoms with Gasteiger partial charge >= 0.3 is 17.9 Å². The molecule has 4 bridgehead atoms. The molecule has 4 heterocycles. The van der Waals surface area contributed by atoms with Crippen LogP contribution in [0.4, 0.5) is 0 Å². The smallest absolute Gasteiger partial charge is 0.345 e. The largest absolute Gasteiger partial charge is 0.465 e. The lowest BCUT2D eigenvalue weighted by molar-refractivity contribution is -0.167. The van der Waals surface area contributed by atoms with E-state index in [1.54, 1.807) is 6.07 Å². The van der Waals surface area contributed by atoms with E-state index < -0.39 is 50.1 Å². The van der Waals surface area contributed by atoms with E-state index in [9.17, 15) is 14.4 Å². The minimum absolute atomic E-state index is 0.166. The van der Waals surface area contributed by atoms with Crippen molar-refractivity contribution in [2.45, 2.75) is 127 Å². The third-order valence-electron chi connectivity index (χ3n) is 9.85. The van der Waals surface area contributed by atoms with Gasteiger partial charge in [-0.15, -0.1) is 0 Å². The van der Waals surface area contributed by atoms with Gasteiger partial charge in [-0.3, -0.25) is 4.79 Å². The molecule has 5 rings (SSSR count). The van der Waals surface area contributed by atoms with Crippen LogP contribution in [0.25, 0.3) is 6.08 Å². The van der Waals surface area contributed by atoms with Gasteiger partial charge in [0.1, 0.15) is 35.4 Å². The molecule has 0 spiro atoms. The highest BCUT2D eigenvalue weighted by molar-refractivity contribution is 6.77. The van der Waals surface area contributed by atoms with Gasteiger partial charge in [-0.25, -0.2) is 9.59 Å². The molecule has 0 N–H and O–H groups in total. The summed E-state index contributed by atoms with van der Waals surface area (Å²) in [6.45, 7) is 16.7. The van der Waals surface area contributed by atoms with E-state index in [1.807, 2.05) is 13.0 Å². The van der Waals surface area contributed by atoms with Crippen molar-refractivity contribution in [2.75, 3.05) is 7.11 Å². The Kier molecular flexibility index (Phi) is 7.83. The van der Waals surface area contributed by atoms with Crippen LogP contribution in [0, 0.1) is 5.92 Å². The molecule has 7 atom stereocenters. The highest BCUT2D eigenvalue weighted by Crippen LogP contribution is 2.58. The Hall–Kier alpha value is -2.43. The van der Waals surface area contributed by atoms with Crippen LogP contribution in [0.15, 0.2) is 16.1 Å². The van der Waals surface area contributed by atoms with Crippen LogP contribution >= 0.6 is 0 Å². The normalized spacial score (nSPS) is 33.9. The molecule has 10 heteroatoms. The van der Waals surface area contributed by atoms with Crippen molar-refractivity contribution in [2.24, 2.45) is 5.92 Å². The van der Waals surface area contributed by atoms with E-state index in [0.717, 1.165) is 5.57 Å². The first-order valence-corrected chi connectivity index (χ1v) is 17.0. The van der Waals surface area contributed by atoms with Crippen molar-refractivity contribution >= 4 is 32.3 Å². The van der Waals surface area contributed by atoms with Crippen molar-refractivity contribution in [1.82, 2.24) is 0 Å². The Morgan fingerprint density at radius 2 is 1.73 bits per heavy atom. The molecule has 9 nitrogen and oxygen atoms in total. The second kappa shape index (κ2) is 10.7. The van der Waals surface area contributed by atoms with Crippen molar-refractivity contribution in [3.63, 3.8) is 0 Å². The fraction of sp³-hybridized carbons (Fsp3) is 0.710. The molecule has 3 fully saturated rings. The summed E-state index contributed by atoms with van der Waals surface area (Å²) in [6, 6.07) is 1.72. The standard InChI is InChI=1S/C31H44O9Si/c1-15(2)41(16(3)4,17(5)6)40-24-13-22-21(24)14-26(36-19(8)32)31-28(39-31)25(38-30(31)34)11-18(7)10-20-12-23(27(22)37-20)29(33)35-9/h10,12,15-17,21-22,24-26,28H,11,13-14H2,1-9H3/b18-10+/t21-,22+,24+,25+,26-,28+,31+/m1/s1. The molecule has 3 aliphatic heterocycles. The summed E-state index contributed by atoms with van der Waals surface area (Å²) >= 11 is 0. The van der Waals surface area contributed by atoms with Crippen molar-refractivity contribution < 1.29 is 42.2 Å². The highest BCUT2D eigenvalue weighted by Gasteiger charge is 2.78. The molecule has 4 aliphatic rings. The molecule has 0 radical (unpaired) electrons. The van der Waals surface area contributed by atoms with Gasteiger partial charge in [0.15, 0.2) is 0 Å². The zero-order valence-electron chi connectivity index (χ0n) is 25.6. The average molecular weight is 589 g/mol. The zero-order valence-corrected chi connectivity index (χ0v) is 26.6. The maximum absolute atomic E-state index is 13.3. The Morgan fingerprint density at radius 1 is 1.07 bits per heavy atom. The van der Waals surface area contributed by atoms with Gasteiger partial charge in [0.25, 0.3) is 0 Å². The SMILES string of the molecule is COC(=O)c1cc2oc1[C@H]1C[C@H](O[Si](C(C)C)(C(C)C)C(C)C)[C@@H]1C[C@@H](OC(C)=O)[C@]13O[C@H]1[C@H](C/C(C)=C/2)OC3=O. The summed E-state index contributed by atoms with van der Waals surface area (Å²) in [5.74, 6) is -0.747. The van der Waals surface area contributed by atoms with Crippen LogP contribution in [0.5, 0.6) is 0 Å². The number of hydrogen-bond donors (Lipinski definition) is 0. The average Bonchev–Trinajstić information content (AvgIpc) is 3.42. The lowest BCUT2D eigenvalue weighted by Crippen LogP contribution is -2.56. The molecule has 1 aromatic heterocycles. The predicted octanol–water partition coefficient (Wildman–Crippen LogP) is 5.92. The molecule has 0 aromatic carbocycles. The van der Waals surface area contributed by atoms with Crippen molar-refractivity contribution in [3.05, 3.63) is 28.7 Å². The van der Waals surface area contributed by atoms with Crippen LogP contribution in [0.3, 0.4) is 0 Å². The van der Waals surface area contributed by atoms with Gasteiger partial charge in [-0.2, -0.15) is 0 Å². The highest BCUT2D eigenvalue weighted by atomic mass is 28.4. The minimum Gasteiger partial charge on any atom is -0.465 e. The molecule has 1 aliphatic carbocycles. The monoisotopic (exact) mass is 588 g/mol. The number of carbonyl (C=O) groups excluding carboxylic acids is 3. The first-order valence-electron chi connectivity index (χ1n) is 14.9. The van der Waals surface area contributed by atoms with Crippen LogP contribution in [0.1, 0.15) is 102 Å². The second-order valence-corrected chi connectivity index (χ2v) is 18.6. The zero-order chi connectivity index (χ0) is 30.0. The Morgan fingerprint density at radius 3 is 2.29 bits per heavy atom. The number of fused-ring (bicyclic) bond motifs is 4. The number of methoxy groups -OCH3 is 1. The van der Waals surface area contributed by atoms with E-state index in [1.165, 1.54) is 14.0 Å². The van der Waals surface area contributed by atoms with Gasteiger partial charge in [-0.05, 0) is 54.4 Å². The van der Waals surface area contributed by atoms with Crippen LogP contribution in [-0.2, 0) is 33.0 Å². The van der Waals surface area contributed by atoms with Gasteiger partial charge in [0, 0.05) is 25.4 Å². The van der Waals surface area contributed by atoms with E-state index in [0.29, 0.717) is 53.0 Å². The number of ether oxygens (including phenoxy) is 4. The first-order chi connectivity index (χ1) is 19.3. The Bertz CT molecular complexity index is 1220. The van der Waals surface area contributed by atoms with Gasteiger partial charge in [-0.1, -0.05) is 47.1 Å². The molecule has 226 valence electrons. The lowest BCUT2D eigenvalue weighted by atomic mass is 9.65. The minimum atomic E-state index is -2.29. The topological polar surface area (TPSA) is 114 Å². The Balaban J connectivity index is 1.61. The van der Waals surface area contributed by atoms with Crippen molar-refractivity contribution in [3.8, 4) is 0 Å². The van der Waals surface area contributed by atoms with E-state index in [4.69, 9.17) is 27.8 Å². The molecule has 0 unspecified atom stereocenters. The van der Waals surface area contributed by atoms with E-state index >= 15 is 0 Å². The van der Waals surface area contributed by atoms with Gasteiger partial charge in [0.2, 0.25) is 13.9 Å². The number of carbonyl (C=O) groups is 3. The van der Waals surface area contributed by atoms with Crippen LogP contribution in [0.2, 0.25) is 16.6 Å². The third kappa shape index (κ3) is 4.79. The van der Waals surface area contributed by atoms with E-state index in [-0.39, 0.29) is 17.9 Å². The maximum atomic E-state index is 13.3. The number of epoxide rings is 1. The quantitative estimate of drug-likeness (QED) is 0.166. The molecule has 1 saturated carbocycles. The Labute approximate surface area is 243 Å². The summed E-state index contributed by atoms with van der Waals surface area (Å²) in [7, 11) is -0.927. The maximum Gasteiger partial charge on any atom is 0.345 e. The fourth-order valence-electron chi connectivity index (χ4n) is 8.03. The number of rotatable bonds is 7. The molecule has 2 saturated heterocycles.